The van der Waals surface area contributed by atoms with Crippen LogP contribution in [0, 0.1) is 29.6 Å². The maximum absolute atomic E-state index is 6.22. The maximum atomic E-state index is 6.22. The fourth-order valence-corrected chi connectivity index (χ4v) is 6.10. The highest BCUT2D eigenvalue weighted by Crippen LogP contribution is 2.57. The Morgan fingerprint density at radius 1 is 0.960 bits per heavy atom. The van der Waals surface area contributed by atoms with Crippen LogP contribution in [0.4, 0.5) is 0 Å². The summed E-state index contributed by atoms with van der Waals surface area (Å²) in [6, 6.07) is 8.65. The lowest BCUT2D eigenvalue weighted by Gasteiger charge is -2.55. The topological polar surface area (TPSA) is 18.5 Å². The van der Waals surface area contributed by atoms with E-state index in [9.17, 15) is 0 Å². The van der Waals surface area contributed by atoms with Crippen LogP contribution in [0.25, 0.3) is 0 Å². The van der Waals surface area contributed by atoms with Crippen LogP contribution in [-0.2, 0) is 4.74 Å². The Morgan fingerprint density at radius 2 is 1.56 bits per heavy atom. The quantitative estimate of drug-likeness (QED) is 0.565. The normalized spacial score (nSPS) is 35.6. The molecule has 0 amide bonds. The Morgan fingerprint density at radius 3 is 2.08 bits per heavy atom. The number of rotatable bonds is 7. The fraction of sp³-hybridized carbons (Fsp3) is 0.739. The summed E-state index contributed by atoms with van der Waals surface area (Å²) in [5.74, 6) is 6.32. The van der Waals surface area contributed by atoms with E-state index in [4.69, 9.17) is 9.47 Å². The van der Waals surface area contributed by atoms with E-state index in [0.717, 1.165) is 41.8 Å². The van der Waals surface area contributed by atoms with Crippen LogP contribution in [0.5, 0.6) is 5.75 Å². The van der Waals surface area contributed by atoms with E-state index in [-0.39, 0.29) is 6.29 Å². The maximum Gasteiger partial charge on any atom is 0.199 e. The van der Waals surface area contributed by atoms with Gasteiger partial charge in [-0.25, -0.2) is 0 Å². The zero-order valence-corrected chi connectivity index (χ0v) is 16.1. The summed E-state index contributed by atoms with van der Waals surface area (Å²) in [6.07, 6.45) is 9.54. The zero-order chi connectivity index (χ0) is 17.4. The molecule has 4 aliphatic rings. The molecule has 4 bridgehead atoms. The molecule has 25 heavy (non-hydrogen) atoms. The average molecular weight is 343 g/mol. The van der Waals surface area contributed by atoms with Gasteiger partial charge < -0.3 is 9.47 Å². The minimum Gasteiger partial charge on any atom is -0.465 e. The van der Waals surface area contributed by atoms with E-state index in [1.54, 1.807) is 7.11 Å². The molecule has 1 aromatic rings. The number of methoxy groups -OCH3 is 1. The summed E-state index contributed by atoms with van der Waals surface area (Å²) in [5.41, 5.74) is 1.39. The summed E-state index contributed by atoms with van der Waals surface area (Å²) in [5, 5.41) is 0. The van der Waals surface area contributed by atoms with Crippen molar-refractivity contribution in [3.8, 4) is 5.75 Å². The molecular weight excluding hydrogens is 308 g/mol. The van der Waals surface area contributed by atoms with Gasteiger partial charge in [0.1, 0.15) is 5.75 Å². The molecular formula is C23H34O2. The second kappa shape index (κ2) is 7.31. The van der Waals surface area contributed by atoms with Gasteiger partial charge >= 0.3 is 0 Å². The Balaban J connectivity index is 1.38. The summed E-state index contributed by atoms with van der Waals surface area (Å²) >= 11 is 0. The van der Waals surface area contributed by atoms with Crippen molar-refractivity contribution in [1.82, 2.24) is 0 Å². The summed E-state index contributed by atoms with van der Waals surface area (Å²) in [7, 11) is 1.80. The van der Waals surface area contributed by atoms with Crippen molar-refractivity contribution < 1.29 is 9.47 Å². The van der Waals surface area contributed by atoms with Crippen LogP contribution in [0.2, 0.25) is 0 Å². The predicted molar refractivity (Wildman–Crippen MR) is 102 cm³/mol. The SMILES string of the molecule is CCC(C)c1ccc(OC(CC2C3CC4CC(C3)CC2C4)OC)cc1. The summed E-state index contributed by atoms with van der Waals surface area (Å²) < 4.78 is 12.0. The number of hydrogen-bond acceptors (Lipinski definition) is 2. The van der Waals surface area contributed by atoms with Crippen molar-refractivity contribution >= 4 is 0 Å². The molecule has 2 atom stereocenters. The van der Waals surface area contributed by atoms with Gasteiger partial charge in [-0.15, -0.1) is 0 Å². The molecule has 138 valence electrons. The number of benzene rings is 1. The van der Waals surface area contributed by atoms with E-state index < -0.39 is 0 Å². The molecule has 2 unspecified atom stereocenters. The van der Waals surface area contributed by atoms with Gasteiger partial charge in [-0.05, 0) is 91.7 Å². The van der Waals surface area contributed by atoms with Crippen LogP contribution in [0.15, 0.2) is 24.3 Å². The highest BCUT2D eigenvalue weighted by atomic mass is 16.7. The van der Waals surface area contributed by atoms with Gasteiger partial charge in [0.2, 0.25) is 0 Å². The lowest BCUT2D eigenvalue weighted by molar-refractivity contribution is -0.110. The van der Waals surface area contributed by atoms with Gasteiger partial charge in [-0.2, -0.15) is 0 Å². The van der Waals surface area contributed by atoms with Gasteiger partial charge in [0.05, 0.1) is 0 Å². The minimum absolute atomic E-state index is 0.100. The van der Waals surface area contributed by atoms with Crippen molar-refractivity contribution in [2.24, 2.45) is 29.6 Å². The molecule has 0 spiro atoms. The highest BCUT2D eigenvalue weighted by molar-refractivity contribution is 5.29. The molecule has 0 aromatic heterocycles. The van der Waals surface area contributed by atoms with Gasteiger partial charge in [-0.1, -0.05) is 26.0 Å². The van der Waals surface area contributed by atoms with Crippen LogP contribution < -0.4 is 4.74 Å². The van der Waals surface area contributed by atoms with E-state index in [1.165, 1.54) is 44.1 Å². The first-order chi connectivity index (χ1) is 12.2. The van der Waals surface area contributed by atoms with Crippen molar-refractivity contribution in [3.05, 3.63) is 29.8 Å². The molecule has 4 saturated carbocycles. The smallest absolute Gasteiger partial charge is 0.199 e. The zero-order valence-electron chi connectivity index (χ0n) is 16.1. The van der Waals surface area contributed by atoms with Gasteiger partial charge in [0.25, 0.3) is 0 Å². The van der Waals surface area contributed by atoms with Crippen molar-refractivity contribution in [1.29, 1.82) is 0 Å². The largest absolute Gasteiger partial charge is 0.465 e. The highest BCUT2D eigenvalue weighted by Gasteiger charge is 2.48. The first-order valence-electron chi connectivity index (χ1n) is 10.5. The third-order valence-corrected chi connectivity index (χ3v) is 7.48. The molecule has 0 radical (unpaired) electrons. The monoisotopic (exact) mass is 342 g/mol. The molecule has 1 aromatic carbocycles. The standard InChI is InChI=1S/C23H34O2/c1-4-15(2)18-5-7-21(8-6-18)25-23(24-3)14-22-19-10-16-9-17(12-19)13-20(22)11-16/h5-8,15-17,19-20,22-23H,4,9-14H2,1-3H3. The van der Waals surface area contributed by atoms with E-state index >= 15 is 0 Å². The van der Waals surface area contributed by atoms with E-state index in [1.807, 2.05) is 0 Å². The lowest BCUT2D eigenvalue weighted by Crippen LogP contribution is -2.46. The molecule has 2 heteroatoms. The van der Waals surface area contributed by atoms with Crippen LogP contribution in [-0.4, -0.2) is 13.4 Å². The summed E-state index contributed by atoms with van der Waals surface area (Å²) in [4.78, 5) is 0. The van der Waals surface area contributed by atoms with Crippen molar-refractivity contribution in [2.75, 3.05) is 7.11 Å². The number of hydrogen-bond donors (Lipinski definition) is 0. The van der Waals surface area contributed by atoms with Gasteiger partial charge in [-0.3, -0.25) is 0 Å². The molecule has 0 N–H and O–H groups in total. The van der Waals surface area contributed by atoms with Gasteiger partial charge in [0, 0.05) is 13.5 Å². The van der Waals surface area contributed by atoms with Crippen LogP contribution in [0.3, 0.4) is 0 Å². The fourth-order valence-electron chi connectivity index (χ4n) is 6.10. The molecule has 0 heterocycles. The van der Waals surface area contributed by atoms with E-state index in [2.05, 4.69) is 38.1 Å². The Bertz CT molecular complexity index is 536. The second-order valence-electron chi connectivity index (χ2n) is 8.99. The molecule has 4 fully saturated rings. The van der Waals surface area contributed by atoms with Gasteiger partial charge in [0.15, 0.2) is 6.29 Å². The minimum atomic E-state index is -0.100. The first kappa shape index (κ1) is 17.4. The molecule has 0 aliphatic heterocycles. The average Bonchev–Trinajstić information content (AvgIpc) is 2.63. The van der Waals surface area contributed by atoms with Crippen LogP contribution >= 0.6 is 0 Å². The first-order valence-corrected chi connectivity index (χ1v) is 10.5. The van der Waals surface area contributed by atoms with Crippen molar-refractivity contribution in [2.45, 2.75) is 71.0 Å². The summed E-state index contributed by atoms with van der Waals surface area (Å²) in [6.45, 7) is 4.52. The second-order valence-corrected chi connectivity index (χ2v) is 8.99. The Kier molecular flexibility index (Phi) is 5.08. The molecule has 0 saturated heterocycles. The van der Waals surface area contributed by atoms with E-state index in [0.29, 0.717) is 5.92 Å². The number of ether oxygens (including phenoxy) is 2. The van der Waals surface area contributed by atoms with Crippen molar-refractivity contribution in [3.63, 3.8) is 0 Å². The van der Waals surface area contributed by atoms with Crippen LogP contribution in [0.1, 0.15) is 70.3 Å². The third kappa shape index (κ3) is 3.60. The third-order valence-electron chi connectivity index (χ3n) is 7.48. The molecule has 5 rings (SSSR count). The Hall–Kier alpha value is -1.02. The Labute approximate surface area is 153 Å². The predicted octanol–water partition coefficient (Wildman–Crippen LogP) is 6.01. The molecule has 2 nitrogen and oxygen atoms in total. The molecule has 4 aliphatic carbocycles. The lowest BCUT2D eigenvalue weighted by atomic mass is 9.51.